The molecule has 0 aliphatic carbocycles. The lowest BCUT2D eigenvalue weighted by Gasteiger charge is -2.20. The van der Waals surface area contributed by atoms with Crippen molar-refractivity contribution in [1.82, 2.24) is 5.32 Å². The summed E-state index contributed by atoms with van der Waals surface area (Å²) in [5.41, 5.74) is 2.26. The van der Waals surface area contributed by atoms with Gasteiger partial charge in [-0.2, -0.15) is 0 Å². The Morgan fingerprint density at radius 2 is 1.74 bits per heavy atom. The van der Waals surface area contributed by atoms with Crippen molar-refractivity contribution in [3.63, 3.8) is 0 Å². The first-order valence-electron chi connectivity index (χ1n) is 8.58. The third-order valence-corrected chi connectivity index (χ3v) is 8.99. The number of nitrogens with one attached hydrogen (secondary N) is 1. The Bertz CT molecular complexity index is 1050. The van der Waals surface area contributed by atoms with Crippen molar-refractivity contribution >= 4 is 19.7 Å². The summed E-state index contributed by atoms with van der Waals surface area (Å²) in [6.45, 7) is 3.82. The lowest BCUT2D eigenvalue weighted by molar-refractivity contribution is 0.525. The molecule has 1 heterocycles. The Kier molecular flexibility index (Phi) is 5.42. The number of benzene rings is 2. The number of sulfone groups is 2. The second kappa shape index (κ2) is 7.33. The van der Waals surface area contributed by atoms with Gasteiger partial charge < -0.3 is 5.32 Å². The SMILES string of the molecule is Cc1ccc(CN[C@@H]2CS(=O)(=O)C[C@H]2S(=O)(=O)c2ccc(F)c(C)c2)cc1. The van der Waals surface area contributed by atoms with Crippen LogP contribution in [0, 0.1) is 19.7 Å². The summed E-state index contributed by atoms with van der Waals surface area (Å²) in [6, 6.07) is 10.5. The minimum atomic E-state index is -3.92. The van der Waals surface area contributed by atoms with Crippen molar-refractivity contribution < 1.29 is 21.2 Å². The van der Waals surface area contributed by atoms with Crippen molar-refractivity contribution in [3.8, 4) is 0 Å². The minimum absolute atomic E-state index is 0.0503. The number of hydrogen-bond donors (Lipinski definition) is 1. The van der Waals surface area contributed by atoms with Crippen LogP contribution in [0.25, 0.3) is 0 Å². The summed E-state index contributed by atoms with van der Waals surface area (Å²) in [5, 5.41) is 1.99. The number of halogens is 1. The molecule has 0 bridgehead atoms. The molecular formula is C19H22FNO4S2. The van der Waals surface area contributed by atoms with E-state index in [2.05, 4.69) is 5.32 Å². The normalized spacial score (nSPS) is 22.0. The number of hydrogen-bond acceptors (Lipinski definition) is 5. The molecule has 1 N–H and O–H groups in total. The maximum atomic E-state index is 13.5. The minimum Gasteiger partial charge on any atom is -0.308 e. The molecule has 1 saturated heterocycles. The Labute approximate surface area is 159 Å². The van der Waals surface area contributed by atoms with Crippen LogP contribution in [0.4, 0.5) is 4.39 Å². The zero-order valence-corrected chi connectivity index (χ0v) is 16.8. The van der Waals surface area contributed by atoms with Gasteiger partial charge in [-0.05, 0) is 43.2 Å². The van der Waals surface area contributed by atoms with Crippen molar-refractivity contribution in [2.45, 2.75) is 36.6 Å². The van der Waals surface area contributed by atoms with Gasteiger partial charge in [0.15, 0.2) is 19.7 Å². The predicted molar refractivity (Wildman–Crippen MR) is 103 cm³/mol. The third-order valence-electron chi connectivity index (χ3n) is 4.85. The molecule has 1 fully saturated rings. The second-order valence-corrected chi connectivity index (χ2v) is 11.4. The zero-order chi connectivity index (χ0) is 19.8. The van der Waals surface area contributed by atoms with Gasteiger partial charge in [0.2, 0.25) is 0 Å². The van der Waals surface area contributed by atoms with Gasteiger partial charge in [0.1, 0.15) is 5.82 Å². The molecule has 0 saturated carbocycles. The molecule has 0 radical (unpaired) electrons. The van der Waals surface area contributed by atoms with Gasteiger partial charge >= 0.3 is 0 Å². The molecular weight excluding hydrogens is 389 g/mol. The molecule has 3 rings (SSSR count). The van der Waals surface area contributed by atoms with Crippen molar-refractivity contribution in [1.29, 1.82) is 0 Å². The van der Waals surface area contributed by atoms with E-state index in [9.17, 15) is 21.2 Å². The Hall–Kier alpha value is -1.77. The first-order chi connectivity index (χ1) is 12.6. The van der Waals surface area contributed by atoms with E-state index in [0.29, 0.717) is 6.54 Å². The second-order valence-electron chi connectivity index (χ2n) is 7.04. The first kappa shape index (κ1) is 20.0. The highest BCUT2D eigenvalue weighted by Crippen LogP contribution is 2.27. The standard InChI is InChI=1S/C19H22FNO4S2/c1-13-3-5-15(6-4-13)10-21-18-11-26(22,23)12-19(18)27(24,25)16-7-8-17(20)14(2)9-16/h3-9,18-19,21H,10-12H2,1-2H3/t18-,19-/m1/s1. The molecule has 27 heavy (non-hydrogen) atoms. The molecule has 0 aromatic heterocycles. The average Bonchev–Trinajstić information content (AvgIpc) is 2.92. The van der Waals surface area contributed by atoms with E-state index in [0.717, 1.165) is 17.2 Å². The van der Waals surface area contributed by atoms with E-state index in [1.54, 1.807) is 0 Å². The smallest absolute Gasteiger partial charge is 0.183 e. The fraction of sp³-hybridized carbons (Fsp3) is 0.368. The number of aryl methyl sites for hydroxylation is 2. The van der Waals surface area contributed by atoms with Crippen LogP contribution in [0.5, 0.6) is 0 Å². The maximum absolute atomic E-state index is 13.5. The molecule has 0 unspecified atom stereocenters. The molecule has 8 heteroatoms. The highest BCUT2D eigenvalue weighted by atomic mass is 32.2. The summed E-state index contributed by atoms with van der Waals surface area (Å²) in [7, 11) is -7.40. The molecule has 1 aliphatic heterocycles. The van der Waals surface area contributed by atoms with E-state index >= 15 is 0 Å². The fourth-order valence-corrected chi connectivity index (χ4v) is 8.04. The lowest BCUT2D eigenvalue weighted by atomic mass is 10.1. The summed E-state index contributed by atoms with van der Waals surface area (Å²) < 4.78 is 63.8. The van der Waals surface area contributed by atoms with Gasteiger partial charge in [-0.25, -0.2) is 21.2 Å². The number of rotatable bonds is 5. The molecule has 2 aromatic carbocycles. The van der Waals surface area contributed by atoms with Gasteiger partial charge in [0.25, 0.3) is 0 Å². The van der Waals surface area contributed by atoms with E-state index < -0.39 is 42.5 Å². The Morgan fingerprint density at radius 3 is 2.37 bits per heavy atom. The van der Waals surface area contributed by atoms with E-state index in [1.807, 2.05) is 31.2 Å². The third kappa shape index (κ3) is 4.39. The van der Waals surface area contributed by atoms with E-state index in [-0.39, 0.29) is 16.2 Å². The van der Waals surface area contributed by atoms with Gasteiger partial charge in [-0.1, -0.05) is 29.8 Å². The Balaban J connectivity index is 1.86. The van der Waals surface area contributed by atoms with Gasteiger partial charge in [-0.15, -0.1) is 0 Å². The summed E-state index contributed by atoms with van der Waals surface area (Å²) in [4.78, 5) is -0.0503. The summed E-state index contributed by atoms with van der Waals surface area (Å²) in [5.74, 6) is -1.16. The van der Waals surface area contributed by atoms with E-state index in [4.69, 9.17) is 0 Å². The quantitative estimate of drug-likeness (QED) is 0.763. The van der Waals surface area contributed by atoms with Gasteiger partial charge in [0, 0.05) is 12.6 Å². The van der Waals surface area contributed by atoms with Crippen LogP contribution >= 0.6 is 0 Å². The monoisotopic (exact) mass is 411 g/mol. The van der Waals surface area contributed by atoms with Gasteiger partial charge in [-0.3, -0.25) is 0 Å². The van der Waals surface area contributed by atoms with E-state index in [1.165, 1.54) is 19.1 Å². The van der Waals surface area contributed by atoms with Crippen molar-refractivity contribution in [2.24, 2.45) is 0 Å². The molecule has 0 spiro atoms. The van der Waals surface area contributed by atoms with Crippen molar-refractivity contribution in [3.05, 3.63) is 65.0 Å². The highest BCUT2D eigenvalue weighted by Gasteiger charge is 2.45. The summed E-state index contributed by atoms with van der Waals surface area (Å²) in [6.07, 6.45) is 0. The molecule has 0 amide bonds. The van der Waals surface area contributed by atoms with Crippen LogP contribution in [0.1, 0.15) is 16.7 Å². The highest BCUT2D eigenvalue weighted by molar-refractivity contribution is 7.96. The van der Waals surface area contributed by atoms with Crippen LogP contribution in [-0.2, 0) is 26.2 Å². The largest absolute Gasteiger partial charge is 0.308 e. The zero-order valence-electron chi connectivity index (χ0n) is 15.1. The van der Waals surface area contributed by atoms with Crippen LogP contribution < -0.4 is 5.32 Å². The van der Waals surface area contributed by atoms with Crippen LogP contribution in [0.2, 0.25) is 0 Å². The maximum Gasteiger partial charge on any atom is 0.183 e. The van der Waals surface area contributed by atoms with Crippen LogP contribution in [-0.4, -0.2) is 39.6 Å². The van der Waals surface area contributed by atoms with Crippen molar-refractivity contribution in [2.75, 3.05) is 11.5 Å². The molecule has 146 valence electrons. The molecule has 5 nitrogen and oxygen atoms in total. The Morgan fingerprint density at radius 1 is 1.07 bits per heavy atom. The first-order valence-corrected chi connectivity index (χ1v) is 11.9. The molecule has 1 aliphatic rings. The van der Waals surface area contributed by atoms with Crippen LogP contribution in [0.3, 0.4) is 0 Å². The fourth-order valence-electron chi connectivity index (χ4n) is 3.24. The lowest BCUT2D eigenvalue weighted by Crippen LogP contribution is -2.43. The van der Waals surface area contributed by atoms with Gasteiger partial charge in [0.05, 0.1) is 21.7 Å². The van der Waals surface area contributed by atoms with Crippen LogP contribution in [0.15, 0.2) is 47.4 Å². The topological polar surface area (TPSA) is 80.3 Å². The summed E-state index contributed by atoms with van der Waals surface area (Å²) >= 11 is 0. The average molecular weight is 412 g/mol. The molecule has 2 aromatic rings. The predicted octanol–water partition coefficient (Wildman–Crippen LogP) is 2.17. The molecule has 2 atom stereocenters.